The van der Waals surface area contributed by atoms with Crippen molar-refractivity contribution in [1.82, 2.24) is 15.1 Å². The lowest BCUT2D eigenvalue weighted by molar-refractivity contribution is -0.131. The molecule has 0 spiro atoms. The number of hydrogen-bond acceptors (Lipinski definition) is 4. The third-order valence-corrected chi connectivity index (χ3v) is 6.91. The predicted molar refractivity (Wildman–Crippen MR) is 136 cm³/mol. The number of halogens is 1. The van der Waals surface area contributed by atoms with E-state index in [1.807, 2.05) is 53.4 Å². The molecule has 34 heavy (non-hydrogen) atoms. The fourth-order valence-electron chi connectivity index (χ4n) is 4.65. The Morgan fingerprint density at radius 3 is 2.71 bits per heavy atom. The summed E-state index contributed by atoms with van der Waals surface area (Å²) in [5, 5.41) is 3.62. The largest absolute Gasteiger partial charge is 0.369 e. The molecule has 0 aliphatic carbocycles. The number of nitrogens with two attached hydrogens (primary N) is 1. The number of benzene rings is 2. The molecule has 2 atom stereocenters. The van der Waals surface area contributed by atoms with Crippen LogP contribution in [-0.2, 0) is 10.3 Å². The van der Waals surface area contributed by atoms with E-state index in [4.69, 9.17) is 17.3 Å². The van der Waals surface area contributed by atoms with E-state index >= 15 is 0 Å². The van der Waals surface area contributed by atoms with Gasteiger partial charge in [0.05, 0.1) is 0 Å². The van der Waals surface area contributed by atoms with Crippen molar-refractivity contribution in [2.75, 3.05) is 26.2 Å². The second-order valence-corrected chi connectivity index (χ2v) is 9.67. The van der Waals surface area contributed by atoms with E-state index in [1.54, 1.807) is 11.8 Å². The second kappa shape index (κ2) is 10.1. The van der Waals surface area contributed by atoms with E-state index in [1.165, 1.54) is 0 Å². The SMILES string of the molecule is CCCCNC(=O)N1CC[C@H](CN2C(=O)C(C)(c3cccc(-c4cccc(Cl)c4)c3)N=C2N)C1. The average molecular weight is 482 g/mol. The van der Waals surface area contributed by atoms with Gasteiger partial charge in [-0.25, -0.2) is 9.79 Å². The summed E-state index contributed by atoms with van der Waals surface area (Å²) in [6, 6.07) is 15.4. The Labute approximate surface area is 206 Å². The van der Waals surface area contributed by atoms with Crippen molar-refractivity contribution < 1.29 is 9.59 Å². The molecule has 1 saturated heterocycles. The van der Waals surface area contributed by atoms with Crippen LogP contribution in [0.2, 0.25) is 5.02 Å². The third kappa shape index (κ3) is 4.89. The van der Waals surface area contributed by atoms with Gasteiger partial charge in [0, 0.05) is 31.2 Å². The first-order valence-electron chi connectivity index (χ1n) is 11.9. The van der Waals surface area contributed by atoms with Gasteiger partial charge in [0.25, 0.3) is 5.91 Å². The molecule has 2 aromatic carbocycles. The highest BCUT2D eigenvalue weighted by Gasteiger charge is 2.46. The summed E-state index contributed by atoms with van der Waals surface area (Å²) >= 11 is 6.17. The monoisotopic (exact) mass is 481 g/mol. The molecule has 0 bridgehead atoms. The number of urea groups is 1. The van der Waals surface area contributed by atoms with Crippen molar-refractivity contribution in [3.05, 3.63) is 59.1 Å². The zero-order valence-electron chi connectivity index (χ0n) is 19.8. The Bertz CT molecular complexity index is 1100. The summed E-state index contributed by atoms with van der Waals surface area (Å²) in [5.41, 5.74) is 7.87. The van der Waals surface area contributed by atoms with E-state index < -0.39 is 5.54 Å². The number of nitrogens with zero attached hydrogens (tertiary/aromatic N) is 3. The molecule has 2 aromatic rings. The first-order chi connectivity index (χ1) is 16.3. The molecule has 0 saturated carbocycles. The van der Waals surface area contributed by atoms with Gasteiger partial charge < -0.3 is 16.0 Å². The summed E-state index contributed by atoms with van der Waals surface area (Å²) in [7, 11) is 0. The molecular formula is C26H32ClN5O2. The maximum absolute atomic E-state index is 13.5. The summed E-state index contributed by atoms with van der Waals surface area (Å²) in [4.78, 5) is 33.9. The highest BCUT2D eigenvalue weighted by atomic mass is 35.5. The van der Waals surface area contributed by atoms with Crippen LogP contribution in [-0.4, -0.2) is 53.9 Å². The molecule has 2 aliphatic heterocycles. The van der Waals surface area contributed by atoms with Crippen LogP contribution in [0.3, 0.4) is 0 Å². The molecule has 1 unspecified atom stereocenters. The van der Waals surface area contributed by atoms with Crippen molar-refractivity contribution >= 4 is 29.5 Å². The number of unbranched alkanes of at least 4 members (excludes halogenated alkanes) is 1. The molecule has 4 rings (SSSR count). The van der Waals surface area contributed by atoms with Crippen molar-refractivity contribution in [3.8, 4) is 11.1 Å². The first-order valence-corrected chi connectivity index (χ1v) is 12.3. The minimum absolute atomic E-state index is 0.0343. The zero-order valence-corrected chi connectivity index (χ0v) is 20.5. The molecule has 1 fully saturated rings. The Kier molecular flexibility index (Phi) is 7.12. The van der Waals surface area contributed by atoms with E-state index in [0.29, 0.717) is 31.2 Å². The smallest absolute Gasteiger partial charge is 0.317 e. The maximum Gasteiger partial charge on any atom is 0.317 e. The van der Waals surface area contributed by atoms with Crippen LogP contribution in [0.15, 0.2) is 53.5 Å². The summed E-state index contributed by atoms with van der Waals surface area (Å²) < 4.78 is 0. The topological polar surface area (TPSA) is 91.0 Å². The van der Waals surface area contributed by atoms with Crippen LogP contribution in [0.4, 0.5) is 4.79 Å². The second-order valence-electron chi connectivity index (χ2n) is 9.24. The number of hydrogen-bond donors (Lipinski definition) is 2. The number of carbonyl (C=O) groups excluding carboxylic acids is 2. The highest BCUT2D eigenvalue weighted by molar-refractivity contribution is 6.30. The average Bonchev–Trinajstić information content (AvgIpc) is 3.38. The van der Waals surface area contributed by atoms with Gasteiger partial charge >= 0.3 is 6.03 Å². The molecule has 180 valence electrons. The minimum atomic E-state index is -1.09. The number of nitrogens with one attached hydrogen (secondary N) is 1. The van der Waals surface area contributed by atoms with Crippen molar-refractivity contribution in [1.29, 1.82) is 0 Å². The molecule has 3 amide bonds. The number of aliphatic imine (C=N–C) groups is 1. The van der Waals surface area contributed by atoms with Gasteiger partial charge in [-0.2, -0.15) is 0 Å². The van der Waals surface area contributed by atoms with Gasteiger partial charge in [-0.1, -0.05) is 55.3 Å². The van der Waals surface area contributed by atoms with Crippen molar-refractivity contribution in [2.24, 2.45) is 16.6 Å². The van der Waals surface area contributed by atoms with Gasteiger partial charge in [-0.3, -0.25) is 9.69 Å². The van der Waals surface area contributed by atoms with E-state index in [2.05, 4.69) is 17.2 Å². The fraction of sp³-hybridized carbons (Fsp3) is 0.423. The number of carbonyl (C=O) groups is 2. The summed E-state index contributed by atoms with van der Waals surface area (Å²) in [6.45, 7) is 6.33. The van der Waals surface area contributed by atoms with Crippen LogP contribution in [0.1, 0.15) is 38.7 Å². The normalized spacial score (nSPS) is 22.3. The van der Waals surface area contributed by atoms with E-state index in [9.17, 15) is 9.59 Å². The number of guanidine groups is 1. The standard InChI is InChI=1S/C26H32ClN5O2/c1-3-4-12-29-25(34)31-13-11-18(16-31)17-32-23(33)26(2,30-24(32)28)21-9-5-7-19(14-21)20-8-6-10-22(27)15-20/h5-10,14-15,18H,3-4,11-13,16-17H2,1-2H3,(H2,28,30)(H,29,34)/t18-,26?/m0/s1. The van der Waals surface area contributed by atoms with Crippen LogP contribution in [0.25, 0.3) is 11.1 Å². The number of amides is 3. The molecule has 7 nitrogen and oxygen atoms in total. The molecule has 2 aliphatic rings. The summed E-state index contributed by atoms with van der Waals surface area (Å²) in [6.07, 6.45) is 2.84. The number of rotatable bonds is 7. The summed E-state index contributed by atoms with van der Waals surface area (Å²) in [5.74, 6) is 0.250. The molecule has 2 heterocycles. The minimum Gasteiger partial charge on any atom is -0.369 e. The molecular weight excluding hydrogens is 450 g/mol. The maximum atomic E-state index is 13.5. The van der Waals surface area contributed by atoms with Crippen LogP contribution in [0.5, 0.6) is 0 Å². The predicted octanol–water partition coefficient (Wildman–Crippen LogP) is 4.21. The van der Waals surface area contributed by atoms with Gasteiger partial charge in [0.2, 0.25) is 0 Å². The first kappa shape index (κ1) is 24.1. The Balaban J connectivity index is 1.45. The quantitative estimate of drug-likeness (QED) is 0.580. The molecule has 3 N–H and O–H groups in total. The van der Waals surface area contributed by atoms with Crippen LogP contribution < -0.4 is 11.1 Å². The van der Waals surface area contributed by atoms with E-state index in [-0.39, 0.29) is 23.8 Å². The molecule has 0 radical (unpaired) electrons. The van der Waals surface area contributed by atoms with Crippen LogP contribution >= 0.6 is 11.6 Å². The van der Waals surface area contributed by atoms with Crippen molar-refractivity contribution in [2.45, 2.75) is 38.6 Å². The van der Waals surface area contributed by atoms with Gasteiger partial charge in [-0.15, -0.1) is 0 Å². The zero-order chi connectivity index (χ0) is 24.3. The lowest BCUT2D eigenvalue weighted by atomic mass is 9.89. The lowest BCUT2D eigenvalue weighted by Gasteiger charge is -2.25. The molecule has 8 heteroatoms. The highest BCUT2D eigenvalue weighted by Crippen LogP contribution is 2.36. The van der Waals surface area contributed by atoms with E-state index in [0.717, 1.165) is 36.0 Å². The Morgan fingerprint density at radius 2 is 1.97 bits per heavy atom. The Morgan fingerprint density at radius 1 is 1.24 bits per heavy atom. The van der Waals surface area contributed by atoms with Crippen LogP contribution in [0, 0.1) is 5.92 Å². The Hall–Kier alpha value is -3.06. The van der Waals surface area contributed by atoms with Gasteiger partial charge in [0.1, 0.15) is 0 Å². The van der Waals surface area contributed by atoms with Crippen molar-refractivity contribution in [3.63, 3.8) is 0 Å². The number of likely N-dealkylation sites (tertiary alicyclic amines) is 1. The lowest BCUT2D eigenvalue weighted by Crippen LogP contribution is -2.45. The molecule has 0 aromatic heterocycles. The fourth-order valence-corrected chi connectivity index (χ4v) is 4.84. The van der Waals surface area contributed by atoms with Gasteiger partial charge in [-0.05, 0) is 60.6 Å². The third-order valence-electron chi connectivity index (χ3n) is 6.68. The van der Waals surface area contributed by atoms with Gasteiger partial charge in [0.15, 0.2) is 11.5 Å².